The van der Waals surface area contributed by atoms with Gasteiger partial charge in [-0.2, -0.15) is 0 Å². The van der Waals surface area contributed by atoms with Crippen LogP contribution in [0.15, 0.2) is 65.2 Å². The third-order valence-corrected chi connectivity index (χ3v) is 6.80. The number of rotatable bonds is 6. The molecule has 0 aliphatic carbocycles. The summed E-state index contributed by atoms with van der Waals surface area (Å²) in [6, 6.07) is 15.2. The maximum Gasteiger partial charge on any atom is 0.361 e. The molecule has 2 aliphatic heterocycles. The Bertz CT molecular complexity index is 1040. The number of fused-ring (bicyclic) bond motifs is 1. The van der Waals surface area contributed by atoms with Gasteiger partial charge in [0.15, 0.2) is 0 Å². The van der Waals surface area contributed by atoms with E-state index in [1.807, 2.05) is 30.3 Å². The van der Waals surface area contributed by atoms with Crippen LogP contribution in [-0.2, 0) is 20.8 Å². The van der Waals surface area contributed by atoms with Crippen LogP contribution in [0.3, 0.4) is 0 Å². The number of thiol groups is 1. The first-order valence-corrected chi connectivity index (χ1v) is 11.0. The number of carbonyl (C=O) groups is 3. The lowest BCUT2D eigenvalue weighted by Crippen LogP contribution is -2.70. The van der Waals surface area contributed by atoms with Gasteiger partial charge in [-0.1, -0.05) is 30.3 Å². The fourth-order valence-electron chi connectivity index (χ4n) is 3.40. The summed E-state index contributed by atoms with van der Waals surface area (Å²) in [6.45, 7) is 0. The van der Waals surface area contributed by atoms with E-state index in [0.717, 1.165) is 5.56 Å². The number of hydrogen-bond acceptors (Lipinski definition) is 7. The molecule has 2 aromatic carbocycles. The SMILES string of the molecule is COc1ccc(OC(=O)C2=C(S)CS[C@@H]3[C@H](NC(=O)Cc4ccccc4)C(=O)N23)cc1. The van der Waals surface area contributed by atoms with Crippen molar-refractivity contribution in [2.75, 3.05) is 12.9 Å². The minimum Gasteiger partial charge on any atom is -0.497 e. The van der Waals surface area contributed by atoms with E-state index in [2.05, 4.69) is 17.9 Å². The zero-order valence-electron chi connectivity index (χ0n) is 16.6. The van der Waals surface area contributed by atoms with Crippen molar-refractivity contribution in [2.24, 2.45) is 0 Å². The predicted octanol–water partition coefficient (Wildman–Crippen LogP) is 2.38. The highest BCUT2D eigenvalue weighted by atomic mass is 32.2. The third kappa shape index (κ3) is 4.42. The first-order chi connectivity index (χ1) is 15.0. The molecule has 2 atom stereocenters. The van der Waals surface area contributed by atoms with Gasteiger partial charge in [-0.3, -0.25) is 14.5 Å². The fourth-order valence-corrected chi connectivity index (χ4v) is 5.02. The van der Waals surface area contributed by atoms with Crippen molar-refractivity contribution in [1.82, 2.24) is 10.2 Å². The molecule has 0 aromatic heterocycles. The third-order valence-electron chi connectivity index (χ3n) is 4.94. The van der Waals surface area contributed by atoms with Crippen LogP contribution in [0.4, 0.5) is 0 Å². The van der Waals surface area contributed by atoms with Gasteiger partial charge in [0, 0.05) is 10.7 Å². The lowest BCUT2D eigenvalue weighted by atomic mass is 10.0. The minimum absolute atomic E-state index is 0.112. The zero-order valence-corrected chi connectivity index (χ0v) is 18.3. The number of thioether (sulfide) groups is 1. The van der Waals surface area contributed by atoms with Crippen LogP contribution in [0.25, 0.3) is 0 Å². The molecule has 0 saturated carbocycles. The number of hydrogen-bond donors (Lipinski definition) is 2. The fraction of sp³-hybridized carbons (Fsp3) is 0.227. The van der Waals surface area contributed by atoms with Crippen molar-refractivity contribution in [3.05, 3.63) is 70.8 Å². The molecule has 4 rings (SSSR count). The quantitative estimate of drug-likeness (QED) is 0.301. The normalized spacial score (nSPS) is 19.9. The Labute approximate surface area is 189 Å². The van der Waals surface area contributed by atoms with Crippen molar-refractivity contribution in [3.63, 3.8) is 0 Å². The van der Waals surface area contributed by atoms with E-state index in [0.29, 0.717) is 22.2 Å². The highest BCUT2D eigenvalue weighted by Gasteiger charge is 2.54. The van der Waals surface area contributed by atoms with Crippen molar-refractivity contribution in [3.8, 4) is 11.5 Å². The molecule has 2 aromatic rings. The summed E-state index contributed by atoms with van der Waals surface area (Å²) in [5.74, 6) is 0.141. The summed E-state index contributed by atoms with van der Waals surface area (Å²) in [4.78, 5) is 39.8. The molecule has 31 heavy (non-hydrogen) atoms. The van der Waals surface area contributed by atoms with Gasteiger partial charge in [-0.25, -0.2) is 4.79 Å². The second-order valence-corrected chi connectivity index (χ2v) is 8.62. The van der Waals surface area contributed by atoms with Gasteiger partial charge in [-0.15, -0.1) is 24.4 Å². The Balaban J connectivity index is 1.42. The molecule has 1 fully saturated rings. The second-order valence-electron chi connectivity index (χ2n) is 6.98. The molecule has 0 spiro atoms. The monoisotopic (exact) mass is 456 g/mol. The van der Waals surface area contributed by atoms with Crippen LogP contribution >= 0.6 is 24.4 Å². The molecular weight excluding hydrogens is 436 g/mol. The van der Waals surface area contributed by atoms with Gasteiger partial charge in [0.1, 0.15) is 28.6 Å². The van der Waals surface area contributed by atoms with Crippen LogP contribution < -0.4 is 14.8 Å². The first-order valence-electron chi connectivity index (χ1n) is 9.54. The van der Waals surface area contributed by atoms with Crippen LogP contribution in [0.2, 0.25) is 0 Å². The molecule has 0 bridgehead atoms. The number of esters is 1. The molecule has 2 heterocycles. The molecule has 2 amide bonds. The molecule has 1 saturated heterocycles. The van der Waals surface area contributed by atoms with E-state index in [1.54, 1.807) is 31.4 Å². The molecule has 0 unspecified atom stereocenters. The molecular formula is C22H20N2O5S2. The number of nitrogens with one attached hydrogen (secondary N) is 1. The van der Waals surface area contributed by atoms with Crippen molar-refractivity contribution in [2.45, 2.75) is 17.8 Å². The number of amides is 2. The van der Waals surface area contributed by atoms with Gasteiger partial charge in [0.25, 0.3) is 5.91 Å². The summed E-state index contributed by atoms with van der Waals surface area (Å²) in [5, 5.41) is 2.41. The zero-order chi connectivity index (χ0) is 22.0. The topological polar surface area (TPSA) is 84.9 Å². The van der Waals surface area contributed by atoms with Gasteiger partial charge in [0.2, 0.25) is 5.91 Å². The van der Waals surface area contributed by atoms with E-state index >= 15 is 0 Å². The Hall–Kier alpha value is -2.91. The molecule has 1 N–H and O–H groups in total. The Morgan fingerprint density at radius 3 is 2.48 bits per heavy atom. The second kappa shape index (κ2) is 9.07. The summed E-state index contributed by atoms with van der Waals surface area (Å²) in [5.41, 5.74) is 0.975. The van der Waals surface area contributed by atoms with Crippen LogP contribution in [0.1, 0.15) is 5.56 Å². The van der Waals surface area contributed by atoms with Gasteiger partial charge in [0.05, 0.1) is 13.5 Å². The number of nitrogens with zero attached hydrogens (tertiary/aromatic N) is 1. The summed E-state index contributed by atoms with van der Waals surface area (Å²) in [7, 11) is 1.55. The Morgan fingerprint density at radius 2 is 1.81 bits per heavy atom. The van der Waals surface area contributed by atoms with E-state index in [4.69, 9.17) is 9.47 Å². The Kier molecular flexibility index (Phi) is 6.24. The Morgan fingerprint density at radius 1 is 1.13 bits per heavy atom. The smallest absolute Gasteiger partial charge is 0.361 e. The van der Waals surface area contributed by atoms with E-state index in [9.17, 15) is 14.4 Å². The predicted molar refractivity (Wildman–Crippen MR) is 120 cm³/mol. The van der Waals surface area contributed by atoms with E-state index < -0.39 is 12.0 Å². The van der Waals surface area contributed by atoms with Gasteiger partial charge >= 0.3 is 5.97 Å². The number of benzene rings is 2. The van der Waals surface area contributed by atoms with Crippen molar-refractivity contribution in [1.29, 1.82) is 0 Å². The van der Waals surface area contributed by atoms with E-state index in [-0.39, 0.29) is 29.3 Å². The summed E-state index contributed by atoms with van der Waals surface area (Å²) < 4.78 is 10.5. The molecule has 7 nitrogen and oxygen atoms in total. The highest BCUT2D eigenvalue weighted by molar-refractivity contribution is 8.01. The lowest BCUT2D eigenvalue weighted by molar-refractivity contribution is -0.149. The van der Waals surface area contributed by atoms with Gasteiger partial charge in [-0.05, 0) is 29.8 Å². The molecule has 9 heteroatoms. The van der Waals surface area contributed by atoms with Crippen LogP contribution in [0.5, 0.6) is 11.5 Å². The number of methoxy groups -OCH3 is 1. The number of carbonyl (C=O) groups excluding carboxylic acids is 3. The standard InChI is InChI=1S/C22H20N2O5S2/c1-28-14-7-9-15(10-8-14)29-22(27)19-16(30)12-31-21-18(20(26)24(19)21)23-17(25)11-13-5-3-2-4-6-13/h2-10,18,21,30H,11-12H2,1H3,(H,23,25)/t18-,21-/m1/s1. The number of β-lactam (4-membered cyclic amide) rings is 1. The number of ether oxygens (including phenoxy) is 2. The highest BCUT2D eigenvalue weighted by Crippen LogP contribution is 2.41. The van der Waals surface area contributed by atoms with Crippen LogP contribution in [0, 0.1) is 0 Å². The van der Waals surface area contributed by atoms with Crippen LogP contribution in [-0.4, -0.2) is 47.0 Å². The average molecular weight is 457 g/mol. The summed E-state index contributed by atoms with van der Waals surface area (Å²) >= 11 is 5.84. The lowest BCUT2D eigenvalue weighted by Gasteiger charge is -2.49. The van der Waals surface area contributed by atoms with Crippen molar-refractivity contribution < 1.29 is 23.9 Å². The first kappa shape index (κ1) is 21.3. The molecule has 2 aliphatic rings. The van der Waals surface area contributed by atoms with E-state index in [1.165, 1.54) is 16.7 Å². The van der Waals surface area contributed by atoms with Gasteiger partial charge < -0.3 is 14.8 Å². The average Bonchev–Trinajstić information content (AvgIpc) is 2.78. The maximum absolute atomic E-state index is 12.8. The maximum atomic E-state index is 12.8. The molecule has 0 radical (unpaired) electrons. The molecule has 160 valence electrons. The summed E-state index contributed by atoms with van der Waals surface area (Å²) in [6.07, 6.45) is 0.183. The minimum atomic E-state index is -0.688. The van der Waals surface area contributed by atoms with Crippen molar-refractivity contribution >= 4 is 42.2 Å². The largest absolute Gasteiger partial charge is 0.497 e.